The third kappa shape index (κ3) is 5.06. The van der Waals surface area contributed by atoms with Crippen molar-refractivity contribution in [1.82, 2.24) is 14.8 Å². The van der Waals surface area contributed by atoms with Crippen molar-refractivity contribution in [3.8, 4) is 0 Å². The summed E-state index contributed by atoms with van der Waals surface area (Å²) in [5, 5.41) is 4.11. The number of rotatable bonds is 6. The van der Waals surface area contributed by atoms with E-state index < -0.39 is 29.2 Å². The Morgan fingerprint density at radius 3 is 2.70 bits per heavy atom. The summed E-state index contributed by atoms with van der Waals surface area (Å²) in [4.78, 5) is 16.1. The zero-order valence-electron chi connectivity index (χ0n) is 16.6. The molecular weight excluding hydrogens is 403 g/mol. The number of hydrogen-bond donors (Lipinski definition) is 0. The van der Waals surface area contributed by atoms with Gasteiger partial charge in [0.1, 0.15) is 19.4 Å². The van der Waals surface area contributed by atoms with Gasteiger partial charge >= 0.3 is 12.1 Å². The number of halogens is 3. The second kappa shape index (κ2) is 8.97. The topological polar surface area (TPSA) is 75.5 Å². The minimum absolute atomic E-state index is 0.111. The summed E-state index contributed by atoms with van der Waals surface area (Å²) in [5.74, 6) is -0.471. The van der Waals surface area contributed by atoms with Gasteiger partial charge < -0.3 is 14.2 Å². The molecule has 3 rings (SSSR count). The molecule has 30 heavy (non-hydrogen) atoms. The summed E-state index contributed by atoms with van der Waals surface area (Å²) in [6.07, 6.45) is -1.08. The molecule has 2 aromatic rings. The molecular formula is C20H22F3N3O4. The molecule has 1 aromatic heterocycles. The summed E-state index contributed by atoms with van der Waals surface area (Å²) in [5.41, 5.74) is -0.964. The first-order valence-electron chi connectivity index (χ1n) is 9.32. The molecule has 0 bridgehead atoms. The molecule has 162 valence electrons. The quantitative estimate of drug-likeness (QED) is 0.658. The van der Waals surface area contributed by atoms with Gasteiger partial charge in [-0.25, -0.2) is 9.67 Å². The fourth-order valence-electron chi connectivity index (χ4n) is 3.16. The van der Waals surface area contributed by atoms with Crippen molar-refractivity contribution in [2.75, 3.05) is 20.0 Å². The smallest absolute Gasteiger partial charge is 0.416 e. The van der Waals surface area contributed by atoms with Gasteiger partial charge in [0.2, 0.25) is 0 Å². The van der Waals surface area contributed by atoms with Gasteiger partial charge in [-0.3, -0.25) is 4.79 Å². The predicted molar refractivity (Wildman–Crippen MR) is 101 cm³/mol. The molecule has 0 N–H and O–H groups in total. The lowest BCUT2D eigenvalue weighted by molar-refractivity contribution is -0.192. The normalized spacial score (nSPS) is 18.1. The summed E-state index contributed by atoms with van der Waals surface area (Å²) in [7, 11) is 0. The van der Waals surface area contributed by atoms with E-state index in [0.29, 0.717) is 5.70 Å². The molecule has 0 amide bonds. The predicted octanol–water partition coefficient (Wildman–Crippen LogP) is 3.63. The Bertz CT molecular complexity index is 891. The highest BCUT2D eigenvalue weighted by Crippen LogP contribution is 2.36. The summed E-state index contributed by atoms with van der Waals surface area (Å²) < 4.78 is 57.4. The lowest BCUT2D eigenvalue weighted by atomic mass is 9.83. The van der Waals surface area contributed by atoms with Gasteiger partial charge in [0.05, 0.1) is 29.9 Å². The van der Waals surface area contributed by atoms with Gasteiger partial charge in [-0.15, -0.1) is 0 Å². The van der Waals surface area contributed by atoms with Crippen LogP contribution in [-0.2, 0) is 25.2 Å². The van der Waals surface area contributed by atoms with Crippen molar-refractivity contribution in [3.05, 3.63) is 48.0 Å². The molecule has 0 saturated carbocycles. The second-order valence-electron chi connectivity index (χ2n) is 7.22. The summed E-state index contributed by atoms with van der Waals surface area (Å²) in [6, 6.07) is 4.85. The number of esters is 1. The number of hydrogen-bond acceptors (Lipinski definition) is 6. The van der Waals surface area contributed by atoms with Crippen LogP contribution in [0.25, 0.3) is 11.8 Å². The van der Waals surface area contributed by atoms with Crippen LogP contribution in [0.1, 0.15) is 31.4 Å². The van der Waals surface area contributed by atoms with Crippen LogP contribution in [0.2, 0.25) is 0 Å². The van der Waals surface area contributed by atoms with Crippen LogP contribution in [0.15, 0.2) is 36.9 Å². The minimum Gasteiger partial charge on any atom is -0.455 e. The van der Waals surface area contributed by atoms with Crippen molar-refractivity contribution < 1.29 is 32.2 Å². The first-order chi connectivity index (χ1) is 14.2. The molecule has 1 aromatic carbocycles. The van der Waals surface area contributed by atoms with E-state index in [1.54, 1.807) is 6.92 Å². The van der Waals surface area contributed by atoms with Gasteiger partial charge in [-0.2, -0.15) is 18.3 Å². The number of alkyl halides is 3. The first kappa shape index (κ1) is 22.0. The molecule has 1 aliphatic rings. The van der Waals surface area contributed by atoms with E-state index >= 15 is 0 Å². The largest absolute Gasteiger partial charge is 0.455 e. The van der Waals surface area contributed by atoms with Crippen LogP contribution in [0, 0.1) is 5.41 Å². The molecule has 1 fully saturated rings. The van der Waals surface area contributed by atoms with Crippen LogP contribution in [0.3, 0.4) is 0 Å². The molecule has 2 heterocycles. The standard InChI is InChI=1S/C20H22F3N3O4/c1-3-17(27)30-18(19(2)9-28-13-29-10-19)16(26-12-24-11-25-26)8-14-5-4-6-15(7-14)20(21,22)23/h4-8,11-12,18H,3,9-10,13H2,1-2H3. The van der Waals surface area contributed by atoms with Gasteiger partial charge in [-0.05, 0) is 23.8 Å². The maximum Gasteiger partial charge on any atom is 0.416 e. The molecule has 10 heteroatoms. The maximum atomic E-state index is 13.2. The lowest BCUT2D eigenvalue weighted by Gasteiger charge is -2.40. The van der Waals surface area contributed by atoms with Crippen LogP contribution in [0.5, 0.6) is 0 Å². The van der Waals surface area contributed by atoms with E-state index in [-0.39, 0.29) is 32.0 Å². The zero-order valence-corrected chi connectivity index (χ0v) is 16.6. The average Bonchev–Trinajstić information content (AvgIpc) is 3.25. The Kier molecular flexibility index (Phi) is 6.57. The van der Waals surface area contributed by atoms with E-state index in [9.17, 15) is 18.0 Å². The highest BCUT2D eigenvalue weighted by Gasteiger charge is 2.43. The van der Waals surface area contributed by atoms with Crippen molar-refractivity contribution in [2.24, 2.45) is 5.41 Å². The Labute approximate surface area is 171 Å². The van der Waals surface area contributed by atoms with Crippen LogP contribution in [-0.4, -0.2) is 46.8 Å². The number of carbonyl (C=O) groups excluding carboxylic acids is 1. The van der Waals surface area contributed by atoms with Crippen LogP contribution in [0.4, 0.5) is 13.2 Å². The van der Waals surface area contributed by atoms with E-state index in [1.807, 2.05) is 6.92 Å². The number of ether oxygens (including phenoxy) is 3. The van der Waals surface area contributed by atoms with E-state index in [4.69, 9.17) is 14.2 Å². The summed E-state index contributed by atoms with van der Waals surface area (Å²) >= 11 is 0. The molecule has 1 atom stereocenters. The SMILES string of the molecule is CCC(=O)OC(C(=Cc1cccc(C(F)(F)F)c1)n1cncn1)C1(C)COCOC1. The van der Waals surface area contributed by atoms with E-state index in [1.165, 1.54) is 35.5 Å². The van der Waals surface area contributed by atoms with Gasteiger partial charge in [-0.1, -0.05) is 26.0 Å². The molecule has 1 unspecified atom stereocenters. The molecule has 0 radical (unpaired) electrons. The second-order valence-corrected chi connectivity index (χ2v) is 7.22. The highest BCUT2D eigenvalue weighted by molar-refractivity contribution is 5.77. The highest BCUT2D eigenvalue weighted by atomic mass is 19.4. The molecule has 0 aliphatic carbocycles. The van der Waals surface area contributed by atoms with Crippen molar-refractivity contribution in [3.63, 3.8) is 0 Å². The van der Waals surface area contributed by atoms with E-state index in [0.717, 1.165) is 12.1 Å². The van der Waals surface area contributed by atoms with Crippen molar-refractivity contribution in [2.45, 2.75) is 32.5 Å². The Morgan fingerprint density at radius 2 is 2.10 bits per heavy atom. The van der Waals surface area contributed by atoms with Crippen LogP contribution >= 0.6 is 0 Å². The average molecular weight is 425 g/mol. The number of nitrogens with zero attached hydrogens (tertiary/aromatic N) is 3. The fraction of sp³-hybridized carbons (Fsp3) is 0.450. The Morgan fingerprint density at radius 1 is 1.37 bits per heavy atom. The summed E-state index contributed by atoms with van der Waals surface area (Å²) in [6.45, 7) is 4.03. The third-order valence-electron chi connectivity index (χ3n) is 4.68. The van der Waals surface area contributed by atoms with Crippen molar-refractivity contribution >= 4 is 17.7 Å². The van der Waals surface area contributed by atoms with Gasteiger partial charge in [0.15, 0.2) is 6.10 Å². The number of aromatic nitrogens is 3. The third-order valence-corrected chi connectivity index (χ3v) is 4.68. The lowest BCUT2D eigenvalue weighted by Crippen LogP contribution is -2.47. The molecule has 1 saturated heterocycles. The minimum atomic E-state index is -4.48. The fourth-order valence-corrected chi connectivity index (χ4v) is 3.16. The first-order valence-corrected chi connectivity index (χ1v) is 9.32. The number of carbonyl (C=O) groups is 1. The van der Waals surface area contributed by atoms with Crippen LogP contribution < -0.4 is 0 Å². The van der Waals surface area contributed by atoms with Crippen molar-refractivity contribution in [1.29, 1.82) is 0 Å². The molecule has 1 aliphatic heterocycles. The van der Waals surface area contributed by atoms with Gasteiger partial charge in [0, 0.05) is 6.42 Å². The Hall–Kier alpha value is -2.72. The van der Waals surface area contributed by atoms with E-state index in [2.05, 4.69) is 10.1 Å². The zero-order chi connectivity index (χ0) is 21.8. The van der Waals surface area contributed by atoms with Gasteiger partial charge in [0.25, 0.3) is 0 Å². The number of benzene rings is 1. The Balaban J connectivity index is 2.11. The molecule has 7 nitrogen and oxygen atoms in total. The maximum absolute atomic E-state index is 13.2. The monoisotopic (exact) mass is 425 g/mol. The molecule has 0 spiro atoms.